The third-order valence-electron chi connectivity index (χ3n) is 5.22. The van der Waals surface area contributed by atoms with Crippen LogP contribution < -0.4 is 19.9 Å². The summed E-state index contributed by atoms with van der Waals surface area (Å²) in [5.74, 6) is 1.38. The molecule has 146 valence electrons. The van der Waals surface area contributed by atoms with Gasteiger partial charge < -0.3 is 10.1 Å². The fourth-order valence-electron chi connectivity index (χ4n) is 3.64. The van der Waals surface area contributed by atoms with E-state index in [0.717, 1.165) is 47.7 Å². The molecule has 1 amide bonds. The van der Waals surface area contributed by atoms with E-state index in [0.29, 0.717) is 13.1 Å². The van der Waals surface area contributed by atoms with Gasteiger partial charge in [0.1, 0.15) is 22.6 Å². The molecule has 1 saturated heterocycles. The van der Waals surface area contributed by atoms with Gasteiger partial charge in [0.25, 0.3) is 0 Å². The molecule has 1 unspecified atom stereocenters. The van der Waals surface area contributed by atoms with Gasteiger partial charge in [-0.05, 0) is 42.7 Å². The highest BCUT2D eigenvalue weighted by Gasteiger charge is 2.31. The van der Waals surface area contributed by atoms with E-state index >= 15 is 0 Å². The number of carbonyl (C=O) groups excluding carboxylic acids is 1. The monoisotopic (exact) mass is 383 g/mol. The number of carbonyl (C=O) groups is 1. The number of halogens is 1. The predicted octanol–water partition coefficient (Wildman–Crippen LogP) is 2.66. The van der Waals surface area contributed by atoms with E-state index in [1.807, 2.05) is 18.2 Å². The normalized spacial score (nSPS) is 16.9. The zero-order valence-corrected chi connectivity index (χ0v) is 15.8. The highest BCUT2D eigenvalue weighted by Crippen LogP contribution is 2.23. The van der Waals surface area contributed by atoms with Crippen LogP contribution in [0.15, 0.2) is 42.5 Å². The number of hydrogen-bond acceptors (Lipinski definition) is 3. The number of nitrogens with one attached hydrogen (secondary N) is 3. The largest absolute Gasteiger partial charge is 0.497 e. The summed E-state index contributed by atoms with van der Waals surface area (Å²) in [6.07, 6.45) is 1.81. The minimum absolute atomic E-state index is 0.0341. The van der Waals surface area contributed by atoms with Crippen molar-refractivity contribution in [3.05, 3.63) is 53.8 Å². The van der Waals surface area contributed by atoms with Gasteiger partial charge in [0.15, 0.2) is 0 Å². The average Bonchev–Trinajstić information content (AvgIpc) is 3.16. The van der Waals surface area contributed by atoms with Crippen molar-refractivity contribution in [3.8, 4) is 5.75 Å². The number of fused-ring (bicyclic) bond motifs is 1. The van der Waals surface area contributed by atoms with Crippen LogP contribution in [0.4, 0.5) is 10.3 Å². The first kappa shape index (κ1) is 18.3. The molecular weight excluding hydrogens is 359 g/mol. The van der Waals surface area contributed by atoms with Crippen LogP contribution in [0.5, 0.6) is 5.75 Å². The molecule has 0 saturated carbocycles. The Hall–Kier alpha value is -3.09. The molecule has 0 bridgehead atoms. The Morgan fingerprint density at radius 1 is 1.32 bits per heavy atom. The van der Waals surface area contributed by atoms with Crippen LogP contribution in [-0.2, 0) is 11.3 Å². The van der Waals surface area contributed by atoms with Crippen molar-refractivity contribution in [1.82, 2.24) is 10.3 Å². The number of methoxy groups -OCH3 is 1. The standard InChI is InChI=1S/C21H23FN4O2/c1-28-17-8-9-18-19(11-17)25-21(24-18)26-10-2-3-15(13-26)20(27)23-12-14-4-6-16(22)7-5-14/h4-9,11,15H,2-3,10,12-13H2,1H3,(H,23,27)(H,24,25)/p+1. The third kappa shape index (κ3) is 3.93. The number of aromatic amines is 2. The fraction of sp³-hybridized carbons (Fsp3) is 0.333. The van der Waals surface area contributed by atoms with Crippen molar-refractivity contribution in [2.75, 3.05) is 25.1 Å². The molecule has 4 rings (SSSR count). The van der Waals surface area contributed by atoms with Crippen molar-refractivity contribution >= 4 is 22.9 Å². The van der Waals surface area contributed by atoms with Gasteiger partial charge in [-0.15, -0.1) is 0 Å². The smallest absolute Gasteiger partial charge is 0.355 e. The molecule has 2 aromatic carbocycles. The summed E-state index contributed by atoms with van der Waals surface area (Å²) in [5.41, 5.74) is 2.86. The van der Waals surface area contributed by atoms with Crippen LogP contribution in [0.25, 0.3) is 11.0 Å². The molecule has 7 heteroatoms. The fourth-order valence-corrected chi connectivity index (χ4v) is 3.64. The molecule has 1 aromatic heterocycles. The Morgan fingerprint density at radius 3 is 2.93 bits per heavy atom. The second-order valence-electron chi connectivity index (χ2n) is 7.14. The lowest BCUT2D eigenvalue weighted by Crippen LogP contribution is -2.44. The third-order valence-corrected chi connectivity index (χ3v) is 5.22. The molecule has 1 aliphatic rings. The van der Waals surface area contributed by atoms with Crippen LogP contribution >= 0.6 is 0 Å². The molecule has 0 spiro atoms. The number of amides is 1. The molecular formula is C21H24FN4O2+. The Balaban J connectivity index is 1.40. The highest BCUT2D eigenvalue weighted by molar-refractivity contribution is 5.79. The molecule has 0 radical (unpaired) electrons. The molecule has 28 heavy (non-hydrogen) atoms. The van der Waals surface area contributed by atoms with E-state index in [1.165, 1.54) is 12.1 Å². The summed E-state index contributed by atoms with van der Waals surface area (Å²) >= 11 is 0. The maximum Gasteiger partial charge on any atom is 0.355 e. The van der Waals surface area contributed by atoms with Crippen molar-refractivity contribution in [3.63, 3.8) is 0 Å². The Bertz CT molecular complexity index is 970. The number of benzene rings is 2. The summed E-state index contributed by atoms with van der Waals surface area (Å²) < 4.78 is 18.3. The molecule has 6 nitrogen and oxygen atoms in total. The summed E-state index contributed by atoms with van der Waals surface area (Å²) in [7, 11) is 1.65. The van der Waals surface area contributed by atoms with Crippen molar-refractivity contribution < 1.29 is 18.9 Å². The average molecular weight is 383 g/mol. The van der Waals surface area contributed by atoms with Crippen LogP contribution in [0.3, 0.4) is 0 Å². The molecule has 3 aromatic rings. The Labute approximate surface area is 162 Å². The van der Waals surface area contributed by atoms with Crippen molar-refractivity contribution in [2.24, 2.45) is 5.92 Å². The van der Waals surface area contributed by atoms with Gasteiger partial charge in [0.05, 0.1) is 26.1 Å². The summed E-state index contributed by atoms with van der Waals surface area (Å²) in [5, 5.41) is 2.98. The molecule has 2 heterocycles. The van der Waals surface area contributed by atoms with Crippen LogP contribution in [-0.4, -0.2) is 31.1 Å². The lowest BCUT2D eigenvalue weighted by Gasteiger charge is -2.27. The van der Waals surface area contributed by atoms with Crippen LogP contribution in [0.2, 0.25) is 0 Å². The molecule has 1 aliphatic heterocycles. The number of anilines is 1. The quantitative estimate of drug-likeness (QED) is 0.712. The van der Waals surface area contributed by atoms with E-state index in [2.05, 4.69) is 20.2 Å². The van der Waals surface area contributed by atoms with Gasteiger partial charge in [0.2, 0.25) is 5.91 Å². The maximum absolute atomic E-state index is 13.0. The second-order valence-corrected chi connectivity index (χ2v) is 7.14. The summed E-state index contributed by atoms with van der Waals surface area (Å²) in [6.45, 7) is 1.95. The van der Waals surface area contributed by atoms with Crippen molar-refractivity contribution in [2.45, 2.75) is 19.4 Å². The number of nitrogens with zero attached hydrogens (tertiary/aromatic N) is 1. The Morgan fingerprint density at radius 2 is 2.14 bits per heavy atom. The number of hydrogen-bond donors (Lipinski definition) is 2. The van der Waals surface area contributed by atoms with E-state index in [4.69, 9.17) is 4.74 Å². The second kappa shape index (κ2) is 7.88. The maximum atomic E-state index is 13.0. The summed E-state index contributed by atoms with van der Waals surface area (Å²) in [4.78, 5) is 21.6. The lowest BCUT2D eigenvalue weighted by atomic mass is 9.97. The van der Waals surface area contributed by atoms with E-state index in [-0.39, 0.29) is 17.6 Å². The van der Waals surface area contributed by atoms with Gasteiger partial charge in [0, 0.05) is 12.6 Å². The number of rotatable bonds is 5. The van der Waals surface area contributed by atoms with E-state index in [9.17, 15) is 9.18 Å². The minimum Gasteiger partial charge on any atom is -0.497 e. The van der Waals surface area contributed by atoms with Gasteiger partial charge in [-0.1, -0.05) is 12.1 Å². The first-order chi connectivity index (χ1) is 13.6. The van der Waals surface area contributed by atoms with Gasteiger partial charge in [-0.3, -0.25) is 9.69 Å². The lowest BCUT2D eigenvalue weighted by molar-refractivity contribution is -0.330. The molecule has 1 fully saturated rings. The van der Waals surface area contributed by atoms with Crippen LogP contribution in [0, 0.1) is 11.7 Å². The van der Waals surface area contributed by atoms with Gasteiger partial charge in [-0.25, -0.2) is 14.4 Å². The first-order valence-corrected chi connectivity index (χ1v) is 9.48. The van der Waals surface area contributed by atoms with E-state index in [1.54, 1.807) is 19.2 Å². The van der Waals surface area contributed by atoms with E-state index < -0.39 is 0 Å². The minimum atomic E-state index is -0.273. The summed E-state index contributed by atoms with van der Waals surface area (Å²) in [6, 6.07) is 12.0. The number of ether oxygens (including phenoxy) is 1. The predicted molar refractivity (Wildman–Crippen MR) is 105 cm³/mol. The zero-order valence-electron chi connectivity index (χ0n) is 15.8. The highest BCUT2D eigenvalue weighted by atomic mass is 19.1. The zero-order chi connectivity index (χ0) is 19.5. The molecule has 0 aliphatic carbocycles. The SMILES string of the molecule is COc1ccc2[nH+]c(N3CCCC(C(=O)NCc4ccc(F)cc4)C3)[nH]c2c1. The molecule has 3 N–H and O–H groups in total. The number of H-pyrrole nitrogens is 2. The molecule has 1 atom stereocenters. The Kier molecular flexibility index (Phi) is 5.14. The topological polar surface area (TPSA) is 71.5 Å². The number of imidazole rings is 1. The first-order valence-electron chi connectivity index (χ1n) is 9.48. The van der Waals surface area contributed by atoms with Gasteiger partial charge in [-0.2, -0.15) is 0 Å². The van der Waals surface area contributed by atoms with Crippen LogP contribution in [0.1, 0.15) is 18.4 Å². The number of aromatic nitrogens is 2. The van der Waals surface area contributed by atoms with Gasteiger partial charge >= 0.3 is 5.95 Å². The van der Waals surface area contributed by atoms with Crippen molar-refractivity contribution in [1.29, 1.82) is 0 Å². The number of piperidine rings is 1.